The van der Waals surface area contributed by atoms with Crippen LogP contribution in [0.1, 0.15) is 57.8 Å². The maximum Gasteiger partial charge on any atom is 0.224 e. The quantitative estimate of drug-likeness (QED) is 0.811. The summed E-state index contributed by atoms with van der Waals surface area (Å²) < 4.78 is 0. The lowest BCUT2D eigenvalue weighted by atomic mass is 9.80. The first-order valence-corrected chi connectivity index (χ1v) is 10.9. The minimum absolute atomic E-state index is 0.177. The smallest absolute Gasteiger partial charge is 0.224 e. The molecule has 1 unspecified atom stereocenters. The van der Waals surface area contributed by atoms with Gasteiger partial charge in [-0.25, -0.2) is 0 Å². The third kappa shape index (κ3) is 4.79. The fraction of sp³-hybridized carbons (Fsp3) is 0.952. The number of carbonyl (C=O) groups excluding carboxylic acids is 1. The Kier molecular flexibility index (Phi) is 6.98. The van der Waals surface area contributed by atoms with Crippen LogP contribution in [0.25, 0.3) is 0 Å². The van der Waals surface area contributed by atoms with Gasteiger partial charge in [-0.05, 0) is 79.3 Å². The van der Waals surface area contributed by atoms with Crippen molar-refractivity contribution in [2.24, 2.45) is 5.92 Å². The third-order valence-corrected chi connectivity index (χ3v) is 7.35. The number of nitrogens with one attached hydrogen (secondary N) is 1. The molecule has 26 heavy (non-hydrogen) atoms. The van der Waals surface area contributed by atoms with Crippen molar-refractivity contribution in [2.75, 3.05) is 53.9 Å². The molecule has 3 fully saturated rings. The van der Waals surface area contributed by atoms with Crippen molar-refractivity contribution in [3.63, 3.8) is 0 Å². The van der Waals surface area contributed by atoms with E-state index in [0.717, 1.165) is 19.5 Å². The van der Waals surface area contributed by atoms with Crippen molar-refractivity contribution in [3.8, 4) is 0 Å². The molecule has 3 rings (SSSR count). The summed E-state index contributed by atoms with van der Waals surface area (Å²) in [4.78, 5) is 20.3. The summed E-state index contributed by atoms with van der Waals surface area (Å²) in [5.74, 6) is 0.487. The Bertz CT molecular complexity index is 453. The van der Waals surface area contributed by atoms with E-state index >= 15 is 0 Å². The van der Waals surface area contributed by atoms with Gasteiger partial charge >= 0.3 is 0 Å². The summed E-state index contributed by atoms with van der Waals surface area (Å²) in [7, 11) is 6.58. The second kappa shape index (κ2) is 9.03. The Balaban J connectivity index is 1.50. The number of likely N-dealkylation sites (N-methyl/N-ethyl adjacent to an activating group) is 1. The molecule has 0 radical (unpaired) electrons. The van der Waals surface area contributed by atoms with Gasteiger partial charge in [0.15, 0.2) is 0 Å². The molecule has 1 aliphatic carbocycles. The highest BCUT2D eigenvalue weighted by molar-refractivity contribution is 5.79. The number of nitrogens with zero attached hydrogens (tertiary/aromatic N) is 3. The minimum atomic E-state index is 0.177. The summed E-state index contributed by atoms with van der Waals surface area (Å²) in [6.45, 7) is 5.37. The molecular formula is C21H40N4O. The van der Waals surface area contributed by atoms with Gasteiger partial charge in [0.25, 0.3) is 0 Å². The lowest BCUT2D eigenvalue weighted by molar-refractivity contribution is -0.128. The molecule has 2 heterocycles. The molecule has 2 saturated heterocycles. The van der Waals surface area contributed by atoms with Crippen LogP contribution in [0.5, 0.6) is 0 Å². The van der Waals surface area contributed by atoms with Crippen molar-refractivity contribution in [3.05, 3.63) is 0 Å². The summed E-state index contributed by atoms with van der Waals surface area (Å²) in [5, 5.41) is 3.36. The van der Waals surface area contributed by atoms with E-state index in [9.17, 15) is 4.79 Å². The van der Waals surface area contributed by atoms with Crippen LogP contribution in [-0.2, 0) is 4.79 Å². The molecule has 1 amide bonds. The van der Waals surface area contributed by atoms with E-state index < -0.39 is 0 Å². The molecule has 1 atom stereocenters. The lowest BCUT2D eigenvalue weighted by Crippen LogP contribution is -2.56. The molecule has 2 aliphatic heterocycles. The summed E-state index contributed by atoms with van der Waals surface area (Å²) in [6, 6.07) is 0.688. The molecule has 3 aliphatic rings. The van der Waals surface area contributed by atoms with Crippen LogP contribution in [0.15, 0.2) is 0 Å². The predicted molar refractivity (Wildman–Crippen MR) is 107 cm³/mol. The van der Waals surface area contributed by atoms with Crippen molar-refractivity contribution in [1.82, 2.24) is 20.0 Å². The van der Waals surface area contributed by atoms with E-state index in [1.807, 2.05) is 0 Å². The predicted octanol–water partition coefficient (Wildman–Crippen LogP) is 2.17. The lowest BCUT2D eigenvalue weighted by Gasteiger charge is -2.44. The zero-order chi connectivity index (χ0) is 18.6. The van der Waals surface area contributed by atoms with E-state index in [1.54, 1.807) is 0 Å². The van der Waals surface area contributed by atoms with Crippen LogP contribution < -0.4 is 5.32 Å². The van der Waals surface area contributed by atoms with Crippen LogP contribution in [-0.4, -0.2) is 86.1 Å². The SMILES string of the molecule is CN1CCC(N2CCCC(C(=O)NCC3(N(C)C)CCCCC3)C2)CC1. The van der Waals surface area contributed by atoms with E-state index in [2.05, 4.69) is 41.2 Å². The first-order chi connectivity index (χ1) is 12.5. The number of hydrogen-bond donors (Lipinski definition) is 1. The molecule has 5 nitrogen and oxygen atoms in total. The van der Waals surface area contributed by atoms with Crippen LogP contribution in [0, 0.1) is 5.92 Å². The number of carbonyl (C=O) groups is 1. The first kappa shape index (κ1) is 20.1. The van der Waals surface area contributed by atoms with Crippen molar-refractivity contribution in [2.45, 2.75) is 69.4 Å². The van der Waals surface area contributed by atoms with Crippen molar-refractivity contribution < 1.29 is 4.79 Å². The monoisotopic (exact) mass is 364 g/mol. The summed E-state index contributed by atoms with van der Waals surface area (Å²) >= 11 is 0. The Labute approximate surface area is 160 Å². The van der Waals surface area contributed by atoms with E-state index in [4.69, 9.17) is 0 Å². The zero-order valence-corrected chi connectivity index (χ0v) is 17.3. The molecule has 0 aromatic heterocycles. The number of amides is 1. The van der Waals surface area contributed by atoms with Gasteiger partial charge in [-0.2, -0.15) is 0 Å². The molecular weight excluding hydrogens is 324 g/mol. The topological polar surface area (TPSA) is 38.8 Å². The Hall–Kier alpha value is -0.650. The van der Waals surface area contributed by atoms with E-state index in [0.29, 0.717) is 11.9 Å². The Morgan fingerprint density at radius 3 is 2.38 bits per heavy atom. The maximum absolute atomic E-state index is 12.9. The summed E-state index contributed by atoms with van der Waals surface area (Å²) in [5.41, 5.74) is 0.177. The molecule has 1 N–H and O–H groups in total. The molecule has 150 valence electrons. The fourth-order valence-electron chi connectivity index (χ4n) is 5.30. The van der Waals surface area contributed by atoms with Gasteiger partial charge in [0.05, 0.1) is 5.92 Å². The normalized spacial score (nSPS) is 29.0. The molecule has 0 aromatic rings. The van der Waals surface area contributed by atoms with Crippen LogP contribution in [0.2, 0.25) is 0 Å². The Morgan fingerprint density at radius 2 is 1.73 bits per heavy atom. The zero-order valence-electron chi connectivity index (χ0n) is 17.3. The molecule has 0 spiro atoms. The maximum atomic E-state index is 12.9. The number of piperidine rings is 2. The molecule has 0 bridgehead atoms. The average molecular weight is 365 g/mol. The molecule has 0 aromatic carbocycles. The standard InChI is InChI=1S/C21H40N4O/c1-23(2)21(11-5-4-6-12-21)17-22-20(26)18-8-7-13-25(16-18)19-9-14-24(3)15-10-19/h18-19H,4-17H2,1-3H3,(H,22,26). The first-order valence-electron chi connectivity index (χ1n) is 10.9. The average Bonchev–Trinajstić information content (AvgIpc) is 2.67. The van der Waals surface area contributed by atoms with Gasteiger partial charge in [0.2, 0.25) is 5.91 Å². The molecule has 5 heteroatoms. The highest BCUT2D eigenvalue weighted by Gasteiger charge is 2.36. The summed E-state index contributed by atoms with van der Waals surface area (Å²) in [6.07, 6.45) is 11.1. The fourth-order valence-corrected chi connectivity index (χ4v) is 5.30. The highest BCUT2D eigenvalue weighted by Crippen LogP contribution is 2.32. The van der Waals surface area contributed by atoms with Crippen LogP contribution >= 0.6 is 0 Å². The Morgan fingerprint density at radius 1 is 1.04 bits per heavy atom. The van der Waals surface area contributed by atoms with Gasteiger partial charge in [-0.1, -0.05) is 19.3 Å². The van der Waals surface area contributed by atoms with E-state index in [-0.39, 0.29) is 11.5 Å². The minimum Gasteiger partial charge on any atom is -0.354 e. The highest BCUT2D eigenvalue weighted by atomic mass is 16.1. The van der Waals surface area contributed by atoms with Crippen molar-refractivity contribution >= 4 is 5.91 Å². The number of hydrogen-bond acceptors (Lipinski definition) is 4. The largest absolute Gasteiger partial charge is 0.354 e. The van der Waals surface area contributed by atoms with Gasteiger partial charge in [0.1, 0.15) is 0 Å². The van der Waals surface area contributed by atoms with Gasteiger partial charge in [0, 0.05) is 24.7 Å². The second-order valence-corrected chi connectivity index (χ2v) is 9.27. The number of likely N-dealkylation sites (tertiary alicyclic amines) is 2. The second-order valence-electron chi connectivity index (χ2n) is 9.27. The van der Waals surface area contributed by atoms with Crippen LogP contribution in [0.4, 0.5) is 0 Å². The van der Waals surface area contributed by atoms with Gasteiger partial charge in [-0.3, -0.25) is 9.69 Å². The number of rotatable bonds is 5. The van der Waals surface area contributed by atoms with Gasteiger partial charge < -0.3 is 15.1 Å². The van der Waals surface area contributed by atoms with E-state index in [1.165, 1.54) is 71.0 Å². The molecule has 1 saturated carbocycles. The van der Waals surface area contributed by atoms with Crippen LogP contribution in [0.3, 0.4) is 0 Å². The van der Waals surface area contributed by atoms with Gasteiger partial charge in [-0.15, -0.1) is 0 Å². The third-order valence-electron chi connectivity index (χ3n) is 7.35. The van der Waals surface area contributed by atoms with Crippen molar-refractivity contribution in [1.29, 1.82) is 0 Å².